The van der Waals surface area contributed by atoms with Crippen molar-refractivity contribution in [3.63, 3.8) is 0 Å². The molecule has 0 amide bonds. The molecule has 0 saturated heterocycles. The van der Waals surface area contributed by atoms with Crippen molar-refractivity contribution in [3.8, 4) is 17.2 Å². The first-order valence-corrected chi connectivity index (χ1v) is 7.60. The minimum atomic E-state index is -5.73. The number of benzene rings is 2. The quantitative estimate of drug-likeness (QED) is 0.577. The van der Waals surface area contributed by atoms with E-state index in [4.69, 9.17) is 5.26 Å². The van der Waals surface area contributed by atoms with Gasteiger partial charge in [0, 0.05) is 10.0 Å². The van der Waals surface area contributed by atoms with Crippen LogP contribution in [0.2, 0.25) is 0 Å². The van der Waals surface area contributed by atoms with Crippen LogP contribution in [0.15, 0.2) is 34.8 Å². The predicted molar refractivity (Wildman–Crippen MR) is 82.5 cm³/mol. The highest BCUT2D eigenvalue weighted by molar-refractivity contribution is 9.10. The van der Waals surface area contributed by atoms with E-state index in [1.807, 2.05) is 6.07 Å². The first kappa shape index (κ1) is 18.4. The van der Waals surface area contributed by atoms with Crippen LogP contribution < -0.4 is 0 Å². The molecule has 0 aliphatic carbocycles. The van der Waals surface area contributed by atoms with Gasteiger partial charge in [-0.1, -0.05) is 28.9 Å². The highest BCUT2D eigenvalue weighted by Crippen LogP contribution is 2.48. The van der Waals surface area contributed by atoms with Crippen LogP contribution in [-0.2, 0) is 12.3 Å². The molecule has 0 aliphatic heterocycles. The summed E-state index contributed by atoms with van der Waals surface area (Å²) in [4.78, 5) is 0. The highest BCUT2D eigenvalue weighted by atomic mass is 79.9. The standard InChI is InChI=1S/C17H10BrF5N/c1-2-10-3-5-14(16(19,20)17(21,22)23)12(7-10)13-8-11(9-24)4-6-15(13)18/h4-8H,2H2,1H3. The molecular formula is C17H10BrF5N. The zero-order chi connectivity index (χ0) is 18.1. The van der Waals surface area contributed by atoms with Crippen LogP contribution in [0.25, 0.3) is 11.1 Å². The molecule has 2 aromatic carbocycles. The minimum absolute atomic E-state index is 0.0941. The van der Waals surface area contributed by atoms with Crippen molar-refractivity contribution in [2.75, 3.05) is 0 Å². The van der Waals surface area contributed by atoms with Gasteiger partial charge >= 0.3 is 12.1 Å². The van der Waals surface area contributed by atoms with Gasteiger partial charge < -0.3 is 0 Å². The lowest BCUT2D eigenvalue weighted by molar-refractivity contribution is -0.289. The largest absolute Gasteiger partial charge is 0.458 e. The van der Waals surface area contributed by atoms with Crippen molar-refractivity contribution in [1.82, 2.24) is 0 Å². The first-order valence-electron chi connectivity index (χ1n) is 6.81. The van der Waals surface area contributed by atoms with Gasteiger partial charge in [-0.2, -0.15) is 27.2 Å². The summed E-state index contributed by atoms with van der Waals surface area (Å²) in [7, 11) is 0. The third-order valence-corrected chi connectivity index (χ3v) is 4.16. The lowest BCUT2D eigenvalue weighted by Crippen LogP contribution is -2.34. The van der Waals surface area contributed by atoms with Crippen molar-refractivity contribution >= 4 is 15.9 Å². The van der Waals surface area contributed by atoms with Crippen molar-refractivity contribution in [3.05, 3.63) is 57.6 Å². The van der Waals surface area contributed by atoms with Gasteiger partial charge in [0.1, 0.15) is 0 Å². The van der Waals surface area contributed by atoms with Gasteiger partial charge in [0.25, 0.3) is 0 Å². The van der Waals surface area contributed by atoms with E-state index in [0.29, 0.717) is 22.5 Å². The number of alkyl halides is 5. The molecule has 24 heavy (non-hydrogen) atoms. The molecule has 7 heteroatoms. The van der Waals surface area contributed by atoms with Crippen LogP contribution in [0.5, 0.6) is 0 Å². The van der Waals surface area contributed by atoms with E-state index in [1.165, 1.54) is 24.3 Å². The normalized spacial score (nSPS) is 12.1. The smallest absolute Gasteiger partial charge is 0.192 e. The topological polar surface area (TPSA) is 23.8 Å². The molecule has 125 valence electrons. The van der Waals surface area contributed by atoms with Gasteiger partial charge in [-0.25, -0.2) is 0 Å². The maximum absolute atomic E-state index is 13.9. The second-order valence-electron chi connectivity index (χ2n) is 5.02. The summed E-state index contributed by atoms with van der Waals surface area (Å²) in [6.07, 6.45) is -5.32. The summed E-state index contributed by atoms with van der Waals surface area (Å²) in [6, 6.07) is 10.4. The summed E-state index contributed by atoms with van der Waals surface area (Å²) in [5.41, 5.74) is -0.738. The third-order valence-electron chi connectivity index (χ3n) is 3.47. The zero-order valence-corrected chi connectivity index (χ0v) is 13.9. The number of rotatable bonds is 3. The van der Waals surface area contributed by atoms with Gasteiger partial charge in [0.2, 0.25) is 0 Å². The van der Waals surface area contributed by atoms with Crippen LogP contribution in [-0.4, -0.2) is 6.18 Å². The Kier molecular flexibility index (Phi) is 5.00. The fourth-order valence-electron chi connectivity index (χ4n) is 2.18. The van der Waals surface area contributed by atoms with Crippen LogP contribution in [0.3, 0.4) is 0 Å². The molecule has 0 fully saturated rings. The Morgan fingerprint density at radius 2 is 1.79 bits per heavy atom. The molecule has 0 unspecified atom stereocenters. The highest BCUT2D eigenvalue weighted by Gasteiger charge is 2.59. The Balaban J connectivity index is 2.80. The lowest BCUT2D eigenvalue weighted by Gasteiger charge is -2.23. The first-order chi connectivity index (χ1) is 11.1. The zero-order valence-electron chi connectivity index (χ0n) is 12.3. The van der Waals surface area contributed by atoms with E-state index in [-0.39, 0.29) is 16.7 Å². The van der Waals surface area contributed by atoms with Gasteiger partial charge in [-0.15, -0.1) is 0 Å². The molecule has 0 saturated carbocycles. The number of hydrogen-bond acceptors (Lipinski definition) is 1. The van der Waals surface area contributed by atoms with Crippen LogP contribution >= 0.6 is 15.9 Å². The number of aryl methyl sites for hydroxylation is 1. The molecule has 0 heterocycles. The summed E-state index contributed by atoms with van der Waals surface area (Å²) >= 11 is 3.15. The third kappa shape index (κ3) is 3.29. The average Bonchev–Trinajstić information content (AvgIpc) is 2.53. The Labute approximate surface area is 143 Å². The molecule has 0 N–H and O–H groups in total. The molecular weight excluding hydrogens is 393 g/mol. The number of halogens is 6. The SMILES string of the molecule is CCc1[c]cc(C(F)(F)C(F)(F)F)c(-c2cc(C#N)ccc2Br)c1. The molecule has 0 aliphatic rings. The second kappa shape index (κ2) is 6.52. The van der Waals surface area contributed by atoms with Crippen molar-refractivity contribution in [2.45, 2.75) is 25.4 Å². The monoisotopic (exact) mass is 402 g/mol. The van der Waals surface area contributed by atoms with Crippen molar-refractivity contribution in [2.24, 2.45) is 0 Å². The maximum Gasteiger partial charge on any atom is 0.458 e. The molecule has 0 spiro atoms. The van der Waals surface area contributed by atoms with Crippen LogP contribution in [0, 0.1) is 17.4 Å². The summed E-state index contributed by atoms with van der Waals surface area (Å²) in [6.45, 7) is 1.73. The Morgan fingerprint density at radius 3 is 2.33 bits per heavy atom. The Bertz CT molecular complexity index is 806. The van der Waals surface area contributed by atoms with Gasteiger partial charge in [0.05, 0.1) is 11.6 Å². The number of nitrogens with zero attached hydrogens (tertiary/aromatic N) is 1. The summed E-state index contributed by atoms with van der Waals surface area (Å²) < 4.78 is 66.6. The molecule has 1 radical (unpaired) electrons. The predicted octanol–water partition coefficient (Wildman–Crippen LogP) is 6.00. The Hall–Kier alpha value is -1.94. The maximum atomic E-state index is 13.9. The summed E-state index contributed by atoms with van der Waals surface area (Å²) in [5.74, 6) is -5.03. The molecule has 2 aromatic rings. The van der Waals surface area contributed by atoms with E-state index >= 15 is 0 Å². The fraction of sp³-hybridized carbons (Fsp3) is 0.235. The Morgan fingerprint density at radius 1 is 1.12 bits per heavy atom. The molecule has 2 rings (SSSR count). The van der Waals surface area contributed by atoms with Gasteiger partial charge in [-0.3, -0.25) is 0 Å². The average molecular weight is 403 g/mol. The van der Waals surface area contributed by atoms with E-state index < -0.39 is 17.7 Å². The second-order valence-corrected chi connectivity index (χ2v) is 5.87. The lowest BCUT2D eigenvalue weighted by atomic mass is 9.92. The van der Waals surface area contributed by atoms with E-state index in [1.54, 1.807) is 6.92 Å². The van der Waals surface area contributed by atoms with E-state index in [2.05, 4.69) is 22.0 Å². The molecule has 0 bridgehead atoms. The van der Waals surface area contributed by atoms with E-state index in [0.717, 1.165) is 0 Å². The van der Waals surface area contributed by atoms with Gasteiger partial charge in [0.15, 0.2) is 0 Å². The number of hydrogen-bond donors (Lipinski definition) is 0. The number of nitriles is 1. The van der Waals surface area contributed by atoms with Crippen molar-refractivity contribution in [1.29, 1.82) is 5.26 Å². The van der Waals surface area contributed by atoms with Crippen LogP contribution in [0.4, 0.5) is 22.0 Å². The van der Waals surface area contributed by atoms with Crippen molar-refractivity contribution < 1.29 is 22.0 Å². The fourth-order valence-corrected chi connectivity index (χ4v) is 2.64. The van der Waals surface area contributed by atoms with Gasteiger partial charge in [-0.05, 0) is 53.4 Å². The minimum Gasteiger partial charge on any atom is -0.192 e. The molecule has 0 aromatic heterocycles. The molecule has 0 atom stereocenters. The van der Waals surface area contributed by atoms with Crippen LogP contribution in [0.1, 0.15) is 23.6 Å². The van der Waals surface area contributed by atoms with E-state index in [9.17, 15) is 22.0 Å². The summed E-state index contributed by atoms with van der Waals surface area (Å²) in [5, 5.41) is 8.96. The molecule has 1 nitrogen and oxygen atoms in total.